The molecule has 0 fully saturated rings. The van der Waals surface area contributed by atoms with Crippen LogP contribution in [0.2, 0.25) is 0 Å². The second kappa shape index (κ2) is 7.99. The molecule has 1 unspecified atom stereocenters. The summed E-state index contributed by atoms with van der Waals surface area (Å²) in [6.45, 7) is 2.11. The van der Waals surface area contributed by atoms with Gasteiger partial charge in [-0.05, 0) is 41.7 Å². The lowest BCUT2D eigenvalue weighted by atomic mass is 9.79. The van der Waals surface area contributed by atoms with E-state index in [0.29, 0.717) is 0 Å². The molecule has 0 aromatic heterocycles. The van der Waals surface area contributed by atoms with Gasteiger partial charge in [0.2, 0.25) is 0 Å². The van der Waals surface area contributed by atoms with Crippen LogP contribution in [0.4, 0.5) is 0 Å². The van der Waals surface area contributed by atoms with Gasteiger partial charge in [-0.3, -0.25) is 0 Å². The van der Waals surface area contributed by atoms with E-state index < -0.39 is 7.12 Å². The number of rotatable bonds is 4. The Bertz CT molecular complexity index is 588. The van der Waals surface area contributed by atoms with E-state index in [1.165, 1.54) is 0 Å². The Morgan fingerprint density at radius 2 is 1.82 bits per heavy atom. The molecule has 0 radical (unpaired) electrons. The highest BCUT2D eigenvalue weighted by Crippen LogP contribution is 2.30. The average Bonchev–Trinajstić information content (AvgIpc) is 2.87. The first-order chi connectivity index (χ1) is 10.8. The van der Waals surface area contributed by atoms with E-state index in [1.807, 2.05) is 48.5 Å². The Kier molecular flexibility index (Phi) is 6.01. The predicted octanol–water partition coefficient (Wildman–Crippen LogP) is 2.65. The topological polar surface area (TPSA) is 58.9 Å². The van der Waals surface area contributed by atoms with Crippen molar-refractivity contribution in [1.82, 2.24) is 0 Å². The van der Waals surface area contributed by atoms with Crippen LogP contribution in [-0.2, 0) is 4.65 Å². The van der Waals surface area contributed by atoms with Crippen LogP contribution in [-0.4, -0.2) is 24.4 Å². The number of aliphatic hydroxyl groups is 1. The van der Waals surface area contributed by atoms with Gasteiger partial charge in [0, 0.05) is 7.11 Å². The van der Waals surface area contributed by atoms with Gasteiger partial charge in [0.15, 0.2) is 0 Å². The van der Waals surface area contributed by atoms with Crippen molar-refractivity contribution in [2.24, 2.45) is 0 Å². The first-order valence-electron chi connectivity index (χ1n) is 7.43. The smallest absolute Gasteiger partial charge is 0.457 e. The molecule has 2 aromatic carbocycles. The average molecular weight is 300 g/mol. The van der Waals surface area contributed by atoms with E-state index in [0.717, 1.165) is 42.5 Å². The van der Waals surface area contributed by atoms with Gasteiger partial charge in [0.25, 0.3) is 0 Å². The molecule has 0 bridgehead atoms. The van der Waals surface area contributed by atoms with E-state index in [-0.39, 0.29) is 6.10 Å². The van der Waals surface area contributed by atoms with Gasteiger partial charge in [0.05, 0.1) is 6.10 Å². The molecule has 22 heavy (non-hydrogen) atoms. The number of aliphatic hydroxyl groups excluding tert-OH is 1. The van der Waals surface area contributed by atoms with Gasteiger partial charge in [-0.25, -0.2) is 0 Å². The van der Waals surface area contributed by atoms with Crippen LogP contribution in [0.1, 0.15) is 31.4 Å². The van der Waals surface area contributed by atoms with Crippen LogP contribution in [0.15, 0.2) is 48.5 Å². The maximum atomic E-state index is 9.99. The third-order valence-corrected chi connectivity index (χ3v) is 3.49. The Hall–Kier alpha value is -1.82. The maximum Gasteiger partial charge on any atom is 0.492 e. The van der Waals surface area contributed by atoms with Gasteiger partial charge in [-0.1, -0.05) is 37.6 Å². The van der Waals surface area contributed by atoms with Crippen LogP contribution in [0.25, 0.3) is 0 Å². The van der Waals surface area contributed by atoms with Crippen LogP contribution in [0, 0.1) is 0 Å². The monoisotopic (exact) mass is 300 g/mol. The second-order valence-electron chi connectivity index (χ2n) is 4.97. The number of benzene rings is 2. The molecule has 2 aromatic rings. The normalized spacial score (nSPS) is 15.8. The van der Waals surface area contributed by atoms with Gasteiger partial charge in [-0.2, -0.15) is 0 Å². The van der Waals surface area contributed by atoms with Gasteiger partial charge >= 0.3 is 7.12 Å². The molecule has 0 saturated carbocycles. The molecule has 0 spiro atoms. The van der Waals surface area contributed by atoms with E-state index >= 15 is 0 Å². The van der Waals surface area contributed by atoms with E-state index in [9.17, 15) is 5.02 Å². The number of fused-ring (bicyclic) bond motifs is 1. The van der Waals surface area contributed by atoms with Gasteiger partial charge < -0.3 is 19.5 Å². The van der Waals surface area contributed by atoms with Crippen molar-refractivity contribution in [3.63, 3.8) is 0 Å². The summed E-state index contributed by atoms with van der Waals surface area (Å²) in [6.07, 6.45) is 1.94. The summed E-state index contributed by atoms with van der Waals surface area (Å²) < 4.78 is 11.4. The third kappa shape index (κ3) is 3.68. The van der Waals surface area contributed by atoms with E-state index in [4.69, 9.17) is 14.5 Å². The highest BCUT2D eigenvalue weighted by molar-refractivity contribution is 6.61. The second-order valence-corrected chi connectivity index (χ2v) is 4.97. The van der Waals surface area contributed by atoms with E-state index in [2.05, 4.69) is 6.92 Å². The summed E-state index contributed by atoms with van der Waals surface area (Å²) in [5.74, 6) is 1.50. The lowest BCUT2D eigenvalue weighted by Gasteiger charge is -2.11. The van der Waals surface area contributed by atoms with Crippen LogP contribution < -0.4 is 10.2 Å². The van der Waals surface area contributed by atoms with Crippen molar-refractivity contribution in [2.75, 3.05) is 7.11 Å². The molecular weight excluding hydrogens is 279 g/mol. The number of hydrogen-bond donors (Lipinski definition) is 2. The molecule has 1 aliphatic heterocycles. The molecule has 1 aliphatic rings. The Labute approximate surface area is 131 Å². The summed E-state index contributed by atoms with van der Waals surface area (Å²) >= 11 is 0. The molecule has 1 atom stereocenters. The summed E-state index contributed by atoms with van der Waals surface area (Å²) in [4.78, 5) is 0. The zero-order valence-corrected chi connectivity index (χ0v) is 12.9. The molecule has 0 amide bonds. The summed E-state index contributed by atoms with van der Waals surface area (Å²) in [5, 5.41) is 17.0. The Morgan fingerprint density at radius 1 is 1.09 bits per heavy atom. The Morgan fingerprint density at radius 3 is 2.50 bits per heavy atom. The van der Waals surface area contributed by atoms with E-state index in [1.54, 1.807) is 0 Å². The predicted molar refractivity (Wildman–Crippen MR) is 87.4 cm³/mol. The quantitative estimate of drug-likeness (QED) is 0.852. The molecule has 116 valence electrons. The molecule has 0 aliphatic carbocycles. The highest BCUT2D eigenvalue weighted by Gasteiger charge is 2.34. The van der Waals surface area contributed by atoms with Crippen molar-refractivity contribution in [1.29, 1.82) is 0 Å². The molecule has 2 N–H and O–H groups in total. The summed E-state index contributed by atoms with van der Waals surface area (Å²) in [5.41, 5.74) is 1.89. The van der Waals surface area contributed by atoms with Crippen molar-refractivity contribution in [2.45, 2.75) is 25.9 Å². The van der Waals surface area contributed by atoms with Crippen molar-refractivity contribution < 1.29 is 19.5 Å². The number of ether oxygens (including phenoxy) is 1. The molecule has 0 saturated heterocycles. The zero-order valence-electron chi connectivity index (χ0n) is 12.9. The van der Waals surface area contributed by atoms with Crippen molar-refractivity contribution in [3.05, 3.63) is 54.1 Å². The molecule has 5 heteroatoms. The fraction of sp³-hybridized carbons (Fsp3) is 0.294. The standard InChI is InChI=1S/C16H17BO3.CH4O/c1-2-6-16-14-10-9-13(11-15(14)17(18)20-16)19-12-7-4-3-5-8-12;1-2/h3-5,7-11,16,18H,2,6H2,1H3;2H,1H3. The van der Waals surface area contributed by atoms with Crippen LogP contribution in [0.3, 0.4) is 0 Å². The minimum absolute atomic E-state index is 0.00391. The fourth-order valence-electron chi connectivity index (χ4n) is 2.54. The largest absolute Gasteiger partial charge is 0.492 e. The maximum absolute atomic E-state index is 9.99. The molecule has 4 nitrogen and oxygen atoms in total. The third-order valence-electron chi connectivity index (χ3n) is 3.49. The summed E-state index contributed by atoms with van der Waals surface area (Å²) in [7, 11) is 0.154. The van der Waals surface area contributed by atoms with Gasteiger partial charge in [-0.15, -0.1) is 0 Å². The highest BCUT2D eigenvalue weighted by atomic mass is 16.5. The number of para-hydroxylation sites is 1. The first-order valence-corrected chi connectivity index (χ1v) is 7.43. The first kappa shape index (κ1) is 16.6. The minimum atomic E-state index is -0.846. The number of hydrogen-bond acceptors (Lipinski definition) is 4. The summed E-state index contributed by atoms with van der Waals surface area (Å²) in [6, 6.07) is 15.4. The zero-order chi connectivity index (χ0) is 15.9. The molecule has 1 heterocycles. The lowest BCUT2D eigenvalue weighted by Crippen LogP contribution is -2.27. The SMILES string of the molecule is CCCC1OB(O)c2cc(Oc3ccccc3)ccc21.CO. The van der Waals surface area contributed by atoms with Crippen LogP contribution >= 0.6 is 0 Å². The Balaban J connectivity index is 0.000000847. The minimum Gasteiger partial charge on any atom is -0.457 e. The lowest BCUT2D eigenvalue weighted by molar-refractivity contribution is 0.180. The fourth-order valence-corrected chi connectivity index (χ4v) is 2.54. The van der Waals surface area contributed by atoms with Crippen LogP contribution in [0.5, 0.6) is 11.5 Å². The van der Waals surface area contributed by atoms with Crippen molar-refractivity contribution in [3.8, 4) is 11.5 Å². The van der Waals surface area contributed by atoms with Crippen molar-refractivity contribution >= 4 is 12.6 Å². The molecule has 3 rings (SSSR count). The van der Waals surface area contributed by atoms with Gasteiger partial charge in [0.1, 0.15) is 11.5 Å². The molecular formula is C17H21BO4.